The average molecular weight is 329 g/mol. The highest BCUT2D eigenvalue weighted by atomic mass is 16.7. The quantitative estimate of drug-likeness (QED) is 0.863. The molecule has 4 nitrogen and oxygen atoms in total. The van der Waals surface area contributed by atoms with Crippen LogP contribution in [-0.4, -0.2) is 31.9 Å². The van der Waals surface area contributed by atoms with Gasteiger partial charge in [0.15, 0.2) is 0 Å². The van der Waals surface area contributed by atoms with Crippen molar-refractivity contribution >= 4 is 7.12 Å². The Kier molecular flexibility index (Phi) is 3.75. The zero-order valence-corrected chi connectivity index (χ0v) is 15.1. The van der Waals surface area contributed by atoms with Gasteiger partial charge in [0.1, 0.15) is 5.75 Å². The van der Waals surface area contributed by atoms with Crippen molar-refractivity contribution in [2.45, 2.75) is 57.7 Å². The fourth-order valence-electron chi connectivity index (χ4n) is 5.21. The van der Waals surface area contributed by atoms with E-state index in [1.807, 2.05) is 12.1 Å². The molecule has 4 aliphatic rings. The molecule has 1 heterocycles. The van der Waals surface area contributed by atoms with E-state index >= 15 is 0 Å². The number of hydrogen-bond donors (Lipinski definition) is 1. The van der Waals surface area contributed by atoms with E-state index < -0.39 is 0 Å². The molecule has 130 valence electrons. The first-order chi connectivity index (χ1) is 11.3. The third-order valence-electron chi connectivity index (χ3n) is 6.95. The Bertz CT molecular complexity index is 620. The lowest BCUT2D eigenvalue weighted by molar-refractivity contribution is -0.199. The van der Waals surface area contributed by atoms with E-state index in [9.17, 15) is 0 Å². The second-order valence-electron chi connectivity index (χ2n) is 8.55. The lowest BCUT2D eigenvalue weighted by Crippen LogP contribution is -2.65. The van der Waals surface area contributed by atoms with Gasteiger partial charge in [-0.15, -0.1) is 0 Å². The molecule has 1 aromatic rings. The van der Waals surface area contributed by atoms with Crippen LogP contribution in [0.4, 0.5) is 0 Å². The van der Waals surface area contributed by atoms with Crippen molar-refractivity contribution in [3.63, 3.8) is 0 Å². The summed E-state index contributed by atoms with van der Waals surface area (Å²) in [6.45, 7) is 6.99. The lowest BCUT2D eigenvalue weighted by atomic mass is 9.43. The molecule has 2 N–H and O–H groups in total. The Hall–Kier alpha value is -1.04. The molecule has 1 aliphatic heterocycles. The summed E-state index contributed by atoms with van der Waals surface area (Å²) < 4.78 is 17.9. The monoisotopic (exact) mass is 329 g/mol. The van der Waals surface area contributed by atoms with Gasteiger partial charge in [-0.2, -0.15) is 0 Å². The summed E-state index contributed by atoms with van der Waals surface area (Å²) in [5.74, 6) is 2.05. The maximum absolute atomic E-state index is 6.45. The molecule has 0 radical (unpaired) electrons. The molecule has 1 saturated heterocycles. The minimum absolute atomic E-state index is 0.152. The smallest absolute Gasteiger partial charge is 0.475 e. The van der Waals surface area contributed by atoms with Gasteiger partial charge in [-0.3, -0.25) is 0 Å². The molecule has 0 spiro atoms. The highest BCUT2D eigenvalue weighted by Crippen LogP contribution is 2.65. The van der Waals surface area contributed by atoms with Crippen LogP contribution in [0, 0.1) is 17.3 Å². The highest BCUT2D eigenvalue weighted by Gasteiger charge is 2.68. The summed E-state index contributed by atoms with van der Waals surface area (Å²) in [5, 5.41) is 0. The number of hydrogen-bond acceptors (Lipinski definition) is 4. The van der Waals surface area contributed by atoms with Crippen molar-refractivity contribution < 1.29 is 14.0 Å². The van der Waals surface area contributed by atoms with E-state index in [2.05, 4.69) is 32.9 Å². The molecule has 2 bridgehead atoms. The van der Waals surface area contributed by atoms with Crippen molar-refractivity contribution in [3.05, 3.63) is 29.8 Å². The third kappa shape index (κ3) is 2.32. The molecule has 5 atom stereocenters. The first kappa shape index (κ1) is 16.4. The van der Waals surface area contributed by atoms with Crippen molar-refractivity contribution in [3.8, 4) is 5.75 Å². The first-order valence-electron chi connectivity index (χ1n) is 9.06. The number of rotatable bonds is 4. The summed E-state index contributed by atoms with van der Waals surface area (Å²) in [5.41, 5.74) is 7.81. The number of ether oxygens (including phenoxy) is 1. The fourth-order valence-corrected chi connectivity index (χ4v) is 5.21. The zero-order valence-electron chi connectivity index (χ0n) is 15.1. The minimum Gasteiger partial charge on any atom is -0.497 e. The largest absolute Gasteiger partial charge is 0.497 e. The van der Waals surface area contributed by atoms with E-state index in [1.165, 1.54) is 12.0 Å². The fraction of sp³-hybridized carbons (Fsp3) is 0.684. The minimum atomic E-state index is -0.308. The highest BCUT2D eigenvalue weighted by molar-refractivity contribution is 6.47. The van der Waals surface area contributed by atoms with Crippen LogP contribution in [0.2, 0.25) is 0 Å². The van der Waals surface area contributed by atoms with E-state index in [0.717, 1.165) is 24.5 Å². The van der Waals surface area contributed by atoms with Gasteiger partial charge in [0, 0.05) is 5.94 Å². The van der Waals surface area contributed by atoms with Crippen LogP contribution in [0.3, 0.4) is 0 Å². The normalized spacial score (nSPS) is 37.5. The van der Waals surface area contributed by atoms with E-state index in [0.29, 0.717) is 11.3 Å². The molecule has 5 heteroatoms. The van der Waals surface area contributed by atoms with Gasteiger partial charge in [0.25, 0.3) is 0 Å². The molecular weight excluding hydrogens is 301 g/mol. The van der Waals surface area contributed by atoms with Crippen LogP contribution in [0.25, 0.3) is 0 Å². The molecule has 4 fully saturated rings. The number of methoxy groups -OCH3 is 1. The van der Waals surface area contributed by atoms with E-state index in [4.69, 9.17) is 19.8 Å². The summed E-state index contributed by atoms with van der Waals surface area (Å²) >= 11 is 0. The topological polar surface area (TPSA) is 53.7 Å². The van der Waals surface area contributed by atoms with Gasteiger partial charge >= 0.3 is 7.12 Å². The van der Waals surface area contributed by atoms with E-state index in [1.54, 1.807) is 7.11 Å². The van der Waals surface area contributed by atoms with Gasteiger partial charge in [-0.25, -0.2) is 0 Å². The van der Waals surface area contributed by atoms with Crippen LogP contribution >= 0.6 is 0 Å². The van der Waals surface area contributed by atoms with Crippen LogP contribution in [0.1, 0.15) is 39.2 Å². The molecule has 0 amide bonds. The van der Waals surface area contributed by atoms with Crippen LogP contribution in [0.5, 0.6) is 5.75 Å². The molecule has 3 aliphatic carbocycles. The molecule has 5 rings (SSSR count). The zero-order chi connectivity index (χ0) is 17.1. The Morgan fingerprint density at radius 1 is 1.25 bits per heavy atom. The van der Waals surface area contributed by atoms with Gasteiger partial charge in [-0.1, -0.05) is 26.0 Å². The molecular formula is C19H28BNO3. The van der Waals surface area contributed by atoms with Gasteiger partial charge in [0.05, 0.1) is 18.8 Å². The Balaban J connectivity index is 1.44. The number of benzene rings is 1. The second-order valence-corrected chi connectivity index (χ2v) is 8.55. The van der Waals surface area contributed by atoms with Crippen molar-refractivity contribution in [1.29, 1.82) is 0 Å². The third-order valence-corrected chi connectivity index (χ3v) is 6.95. The van der Waals surface area contributed by atoms with Crippen LogP contribution in [0.15, 0.2) is 24.3 Å². The van der Waals surface area contributed by atoms with Gasteiger partial charge in [-0.05, 0) is 61.1 Å². The maximum Gasteiger partial charge on any atom is 0.475 e. The van der Waals surface area contributed by atoms with E-state index in [-0.39, 0.29) is 24.8 Å². The molecule has 1 aromatic carbocycles. The Morgan fingerprint density at radius 2 is 1.96 bits per heavy atom. The second kappa shape index (κ2) is 5.48. The summed E-state index contributed by atoms with van der Waals surface area (Å²) in [6, 6.07) is 8.05. The standard InChI is InChI=1S/C19H28BNO3/c1-18(2)13-10-15(18)19(3)16(11-13)23-20(24-19)17(21)9-12-5-7-14(22-4)8-6-12/h5-8,13,15-17H,9-11,21H2,1-4H3/t13-,15-,16+,17-,19-/m1/s1. The molecule has 0 unspecified atom stereocenters. The first-order valence-corrected chi connectivity index (χ1v) is 9.06. The Labute approximate surface area is 145 Å². The van der Waals surface area contributed by atoms with Crippen LogP contribution < -0.4 is 10.5 Å². The SMILES string of the molecule is COc1ccc(C[C@@H](N)B2O[C@H]3C[C@H]4C[C@H](C4(C)C)[C@@]3(C)O2)cc1. The average Bonchev–Trinajstić information content (AvgIpc) is 2.92. The van der Waals surface area contributed by atoms with Crippen molar-refractivity contribution in [1.82, 2.24) is 0 Å². The van der Waals surface area contributed by atoms with Crippen molar-refractivity contribution in [2.75, 3.05) is 7.11 Å². The van der Waals surface area contributed by atoms with Crippen LogP contribution in [-0.2, 0) is 15.7 Å². The summed E-state index contributed by atoms with van der Waals surface area (Å²) in [4.78, 5) is 0. The molecule has 0 aromatic heterocycles. The van der Waals surface area contributed by atoms with Gasteiger partial charge in [0.2, 0.25) is 0 Å². The molecule has 24 heavy (non-hydrogen) atoms. The number of nitrogens with two attached hydrogens (primary N) is 1. The van der Waals surface area contributed by atoms with Gasteiger partial charge < -0.3 is 19.8 Å². The van der Waals surface area contributed by atoms with Crippen molar-refractivity contribution in [2.24, 2.45) is 23.0 Å². The predicted octanol–water partition coefficient (Wildman–Crippen LogP) is 2.83. The maximum atomic E-state index is 6.45. The predicted molar refractivity (Wildman–Crippen MR) is 94.8 cm³/mol. The molecule has 3 saturated carbocycles. The summed E-state index contributed by atoms with van der Waals surface area (Å²) in [7, 11) is 1.37. The Morgan fingerprint density at radius 3 is 2.58 bits per heavy atom. The summed E-state index contributed by atoms with van der Waals surface area (Å²) in [6.07, 6.45) is 3.31. The lowest BCUT2D eigenvalue weighted by Gasteiger charge is -2.64.